The quantitative estimate of drug-likeness (QED) is 0.566. The number of anilines is 1. The summed E-state index contributed by atoms with van der Waals surface area (Å²) in [5.74, 6) is 0.142. The summed E-state index contributed by atoms with van der Waals surface area (Å²) >= 11 is 0. The average Bonchev–Trinajstić information content (AvgIpc) is 2.66. The van der Waals surface area contributed by atoms with Crippen LogP contribution in [-0.2, 0) is 14.9 Å². The summed E-state index contributed by atoms with van der Waals surface area (Å²) in [4.78, 5) is 17.1. The molecular weight excluding hydrogens is 356 g/mol. The first-order valence-corrected chi connectivity index (χ1v) is 9.10. The molecule has 0 spiro atoms. The fraction of sp³-hybridized carbons (Fsp3) is 0.167. The minimum Gasteiger partial charge on any atom is -0.489 e. The first-order valence-electron chi connectivity index (χ1n) is 7.66. The van der Waals surface area contributed by atoms with Crippen LogP contribution < -0.4 is 10.1 Å². The molecule has 1 amide bonds. The second kappa shape index (κ2) is 8.61. The molecule has 0 aliphatic carbocycles. The van der Waals surface area contributed by atoms with Crippen LogP contribution in [0.3, 0.4) is 0 Å². The zero-order valence-electron chi connectivity index (χ0n) is 14.5. The Bertz CT molecular complexity index is 896. The third-order valence-electron chi connectivity index (χ3n) is 3.45. The molecule has 0 radical (unpaired) electrons. The van der Waals surface area contributed by atoms with Crippen LogP contribution in [0.1, 0.15) is 10.4 Å². The van der Waals surface area contributed by atoms with E-state index in [-0.39, 0.29) is 10.5 Å². The molecule has 2 rings (SSSR count). The van der Waals surface area contributed by atoms with Gasteiger partial charge >= 0.3 is 0 Å². The van der Waals surface area contributed by atoms with Gasteiger partial charge in [0.25, 0.3) is 15.9 Å². The molecule has 0 saturated carbocycles. The maximum absolute atomic E-state index is 12.5. The van der Waals surface area contributed by atoms with Crippen LogP contribution >= 0.6 is 0 Å². The molecule has 7 nitrogen and oxygen atoms in total. The van der Waals surface area contributed by atoms with E-state index in [1.54, 1.807) is 30.3 Å². The number of nitrogens with one attached hydrogen (secondary N) is 1. The largest absolute Gasteiger partial charge is 0.489 e. The van der Waals surface area contributed by atoms with Crippen molar-refractivity contribution in [2.75, 3.05) is 26.1 Å². The Morgan fingerprint density at radius 3 is 2.65 bits per heavy atom. The van der Waals surface area contributed by atoms with Gasteiger partial charge in [-0.3, -0.25) is 9.63 Å². The van der Waals surface area contributed by atoms with Crippen LogP contribution in [0.4, 0.5) is 5.69 Å². The zero-order valence-corrected chi connectivity index (χ0v) is 15.3. The molecule has 138 valence electrons. The van der Waals surface area contributed by atoms with Crippen LogP contribution in [0, 0.1) is 0 Å². The van der Waals surface area contributed by atoms with Crippen molar-refractivity contribution >= 4 is 21.6 Å². The molecule has 0 aliphatic rings. The highest BCUT2D eigenvalue weighted by atomic mass is 32.2. The molecule has 0 saturated heterocycles. The van der Waals surface area contributed by atoms with Gasteiger partial charge in [0, 0.05) is 24.4 Å². The highest BCUT2D eigenvalue weighted by molar-refractivity contribution is 7.89. The van der Waals surface area contributed by atoms with Crippen LogP contribution in [0.2, 0.25) is 0 Å². The van der Waals surface area contributed by atoms with Crippen molar-refractivity contribution in [3.63, 3.8) is 0 Å². The number of benzene rings is 2. The van der Waals surface area contributed by atoms with Gasteiger partial charge in [0.2, 0.25) is 0 Å². The number of hydroxylamine groups is 1. The minimum absolute atomic E-state index is 0.0439. The zero-order chi connectivity index (χ0) is 19.2. The summed E-state index contributed by atoms with van der Waals surface area (Å²) in [7, 11) is -1.31. The topological polar surface area (TPSA) is 84.9 Å². The molecule has 0 unspecified atom stereocenters. The molecule has 0 aromatic heterocycles. The van der Waals surface area contributed by atoms with Crippen molar-refractivity contribution in [3.05, 3.63) is 66.7 Å². The van der Waals surface area contributed by atoms with E-state index in [0.717, 1.165) is 4.47 Å². The first-order chi connectivity index (χ1) is 12.4. The van der Waals surface area contributed by atoms with Gasteiger partial charge in [-0.15, -0.1) is 0 Å². The number of amides is 1. The summed E-state index contributed by atoms with van der Waals surface area (Å²) in [5.41, 5.74) is 0.729. The number of nitrogens with zero attached hydrogens (tertiary/aromatic N) is 1. The summed E-state index contributed by atoms with van der Waals surface area (Å²) in [6.45, 7) is 3.93. The third kappa shape index (κ3) is 4.69. The smallest absolute Gasteiger partial charge is 0.264 e. The van der Waals surface area contributed by atoms with Gasteiger partial charge in [0.05, 0.1) is 12.0 Å². The molecule has 0 aliphatic heterocycles. The Labute approximate surface area is 152 Å². The summed E-state index contributed by atoms with van der Waals surface area (Å²) in [6.07, 6.45) is 1.62. The molecule has 0 heterocycles. The van der Waals surface area contributed by atoms with Gasteiger partial charge in [-0.2, -0.15) is 0 Å². The van der Waals surface area contributed by atoms with Crippen molar-refractivity contribution in [2.45, 2.75) is 4.90 Å². The molecule has 0 fully saturated rings. The van der Waals surface area contributed by atoms with E-state index in [1.165, 1.54) is 38.4 Å². The summed E-state index contributed by atoms with van der Waals surface area (Å²) < 4.78 is 30.7. The van der Waals surface area contributed by atoms with E-state index in [2.05, 4.69) is 11.9 Å². The van der Waals surface area contributed by atoms with Crippen LogP contribution in [-0.4, -0.2) is 39.6 Å². The highest BCUT2D eigenvalue weighted by Crippen LogP contribution is 2.20. The Kier molecular flexibility index (Phi) is 6.51. The van der Waals surface area contributed by atoms with E-state index >= 15 is 0 Å². The van der Waals surface area contributed by atoms with Gasteiger partial charge in [0.15, 0.2) is 0 Å². The van der Waals surface area contributed by atoms with Gasteiger partial charge in [-0.1, -0.05) is 29.3 Å². The minimum atomic E-state index is -3.83. The fourth-order valence-corrected chi connectivity index (χ4v) is 3.09. The lowest BCUT2D eigenvalue weighted by atomic mass is 10.2. The number of hydrogen-bond donors (Lipinski definition) is 1. The van der Waals surface area contributed by atoms with Crippen LogP contribution in [0.15, 0.2) is 66.1 Å². The van der Waals surface area contributed by atoms with E-state index in [1.807, 2.05) is 0 Å². The van der Waals surface area contributed by atoms with Crippen molar-refractivity contribution in [2.24, 2.45) is 0 Å². The number of ether oxygens (including phenoxy) is 1. The average molecular weight is 376 g/mol. The number of rotatable bonds is 8. The number of carbonyl (C=O) groups is 1. The monoisotopic (exact) mass is 376 g/mol. The molecule has 26 heavy (non-hydrogen) atoms. The summed E-state index contributed by atoms with van der Waals surface area (Å²) in [5, 5.41) is 2.71. The van der Waals surface area contributed by atoms with Crippen molar-refractivity contribution in [1.29, 1.82) is 0 Å². The predicted octanol–water partition coefficient (Wildman–Crippen LogP) is 2.69. The predicted molar refractivity (Wildman–Crippen MR) is 98.5 cm³/mol. The summed E-state index contributed by atoms with van der Waals surface area (Å²) in [6, 6.07) is 12.6. The van der Waals surface area contributed by atoms with Crippen molar-refractivity contribution in [1.82, 2.24) is 4.47 Å². The molecule has 1 N–H and O–H groups in total. The lowest BCUT2D eigenvalue weighted by Gasteiger charge is -2.14. The van der Waals surface area contributed by atoms with E-state index in [4.69, 9.17) is 9.57 Å². The van der Waals surface area contributed by atoms with Gasteiger partial charge < -0.3 is 10.1 Å². The highest BCUT2D eigenvalue weighted by Gasteiger charge is 2.22. The molecule has 2 aromatic rings. The maximum atomic E-state index is 12.5. The Morgan fingerprint density at radius 2 is 1.96 bits per heavy atom. The Balaban J connectivity index is 2.21. The van der Waals surface area contributed by atoms with Crippen LogP contribution in [0.25, 0.3) is 0 Å². The Hall–Kier alpha value is -2.68. The molecule has 0 bridgehead atoms. The normalized spacial score (nSPS) is 11.2. The fourth-order valence-electron chi connectivity index (χ4n) is 2.07. The van der Waals surface area contributed by atoms with E-state index in [9.17, 15) is 13.2 Å². The lowest BCUT2D eigenvalue weighted by molar-refractivity contribution is -0.0258. The van der Waals surface area contributed by atoms with E-state index in [0.29, 0.717) is 18.0 Å². The van der Waals surface area contributed by atoms with Crippen molar-refractivity contribution < 1.29 is 22.8 Å². The molecule has 2 aromatic carbocycles. The second-order valence-corrected chi connectivity index (χ2v) is 7.14. The molecular formula is C18H20N2O5S. The molecule has 8 heteroatoms. The number of sulfonamides is 1. The van der Waals surface area contributed by atoms with E-state index < -0.39 is 15.9 Å². The first kappa shape index (κ1) is 19.6. The Morgan fingerprint density at radius 1 is 1.23 bits per heavy atom. The van der Waals surface area contributed by atoms with Crippen molar-refractivity contribution in [3.8, 4) is 5.75 Å². The lowest BCUT2D eigenvalue weighted by Crippen LogP contribution is -2.26. The van der Waals surface area contributed by atoms with Gasteiger partial charge in [-0.25, -0.2) is 8.42 Å². The number of hydrogen-bond acceptors (Lipinski definition) is 5. The molecule has 0 atom stereocenters. The van der Waals surface area contributed by atoms with Gasteiger partial charge in [-0.05, 0) is 30.3 Å². The third-order valence-corrected chi connectivity index (χ3v) is 5.13. The van der Waals surface area contributed by atoms with Gasteiger partial charge in [0.1, 0.15) is 12.4 Å². The number of carbonyl (C=O) groups excluding carboxylic acids is 1. The van der Waals surface area contributed by atoms with Crippen LogP contribution in [0.5, 0.6) is 5.75 Å². The SMILES string of the molecule is C=CCOc1cccc(NC(=O)c2cccc(S(=O)(=O)N(C)OC)c2)c1. The second-order valence-electron chi connectivity index (χ2n) is 5.21. The standard InChI is InChI=1S/C18H20N2O5S/c1-4-11-25-16-9-6-8-15(13-16)19-18(21)14-7-5-10-17(12-14)26(22,23)20(2)24-3/h4-10,12-13H,1,11H2,2-3H3,(H,19,21). The maximum Gasteiger partial charge on any atom is 0.264 e.